The number of hydrogen-bond donors (Lipinski definition) is 3. The molecule has 0 bridgehead atoms. The number of benzene rings is 2. The average molecular weight is 346 g/mol. The van der Waals surface area contributed by atoms with Gasteiger partial charge >= 0.3 is 6.03 Å². The van der Waals surface area contributed by atoms with Gasteiger partial charge in [-0.15, -0.1) is 0 Å². The molecule has 134 valence electrons. The van der Waals surface area contributed by atoms with Crippen LogP contribution in [-0.2, 0) is 0 Å². The minimum absolute atomic E-state index is 0.0382. The molecule has 0 aliphatic heterocycles. The van der Waals surface area contributed by atoms with E-state index in [1.54, 1.807) is 36.4 Å². The van der Waals surface area contributed by atoms with Gasteiger partial charge in [0.25, 0.3) is 0 Å². The van der Waals surface area contributed by atoms with E-state index in [2.05, 4.69) is 10.6 Å². The number of para-hydroxylation sites is 2. The number of hydrogen-bond acceptors (Lipinski definition) is 5. The van der Waals surface area contributed by atoms with Crippen LogP contribution in [-0.4, -0.2) is 39.0 Å². The number of nitrogens with one attached hydrogen (secondary N) is 2. The van der Waals surface area contributed by atoms with Gasteiger partial charge in [0.1, 0.15) is 5.75 Å². The molecule has 7 heteroatoms. The molecule has 0 aliphatic carbocycles. The third kappa shape index (κ3) is 4.77. The molecule has 0 fully saturated rings. The van der Waals surface area contributed by atoms with E-state index < -0.39 is 12.1 Å². The minimum Gasteiger partial charge on any atom is -0.495 e. The van der Waals surface area contributed by atoms with Gasteiger partial charge in [0.2, 0.25) is 0 Å². The highest BCUT2D eigenvalue weighted by atomic mass is 16.5. The van der Waals surface area contributed by atoms with E-state index in [-0.39, 0.29) is 6.54 Å². The fourth-order valence-corrected chi connectivity index (χ4v) is 2.28. The number of urea groups is 1. The zero-order valence-corrected chi connectivity index (χ0v) is 14.4. The summed E-state index contributed by atoms with van der Waals surface area (Å²) < 4.78 is 15.5. The highest BCUT2D eigenvalue weighted by Crippen LogP contribution is 2.29. The molecule has 0 aromatic heterocycles. The summed E-state index contributed by atoms with van der Waals surface area (Å²) in [6.45, 7) is 0.0382. The lowest BCUT2D eigenvalue weighted by molar-refractivity contribution is 0.174. The topological polar surface area (TPSA) is 89.1 Å². The summed E-state index contributed by atoms with van der Waals surface area (Å²) in [6.07, 6.45) is -0.886. The van der Waals surface area contributed by atoms with E-state index in [0.717, 1.165) is 0 Å². The Bertz CT molecular complexity index is 720. The highest BCUT2D eigenvalue weighted by molar-refractivity contribution is 5.90. The third-order valence-electron chi connectivity index (χ3n) is 3.60. The molecule has 2 aromatic carbocycles. The average Bonchev–Trinajstić information content (AvgIpc) is 2.65. The summed E-state index contributed by atoms with van der Waals surface area (Å²) in [5.41, 5.74) is 1.15. The van der Waals surface area contributed by atoms with Crippen molar-refractivity contribution in [2.75, 3.05) is 33.2 Å². The van der Waals surface area contributed by atoms with Crippen molar-refractivity contribution in [2.45, 2.75) is 6.10 Å². The smallest absolute Gasteiger partial charge is 0.319 e. The number of rotatable bonds is 7. The van der Waals surface area contributed by atoms with Gasteiger partial charge in [0.05, 0.1) is 33.1 Å². The van der Waals surface area contributed by atoms with Gasteiger partial charge in [-0.3, -0.25) is 0 Å². The van der Waals surface area contributed by atoms with Crippen LogP contribution in [0.1, 0.15) is 11.7 Å². The molecule has 2 rings (SSSR count). The lowest BCUT2D eigenvalue weighted by Gasteiger charge is -2.16. The van der Waals surface area contributed by atoms with Crippen molar-refractivity contribution < 1.29 is 24.1 Å². The van der Waals surface area contributed by atoms with Gasteiger partial charge in [-0.2, -0.15) is 0 Å². The van der Waals surface area contributed by atoms with Gasteiger partial charge < -0.3 is 30.0 Å². The van der Waals surface area contributed by atoms with Crippen molar-refractivity contribution in [3.05, 3.63) is 48.0 Å². The quantitative estimate of drug-likeness (QED) is 0.717. The Hall–Kier alpha value is -2.93. The lowest BCUT2D eigenvalue weighted by Crippen LogP contribution is -2.32. The van der Waals surface area contributed by atoms with Crippen LogP contribution in [0.4, 0.5) is 10.5 Å². The van der Waals surface area contributed by atoms with Crippen LogP contribution in [0.5, 0.6) is 17.2 Å². The maximum Gasteiger partial charge on any atom is 0.319 e. The predicted molar refractivity (Wildman–Crippen MR) is 94.5 cm³/mol. The van der Waals surface area contributed by atoms with Crippen LogP contribution in [0.2, 0.25) is 0 Å². The molecule has 0 heterocycles. The Morgan fingerprint density at radius 1 is 1.00 bits per heavy atom. The van der Waals surface area contributed by atoms with Crippen molar-refractivity contribution in [1.29, 1.82) is 0 Å². The van der Waals surface area contributed by atoms with E-state index in [9.17, 15) is 9.90 Å². The summed E-state index contributed by atoms with van der Waals surface area (Å²) in [5.74, 6) is 1.64. The zero-order valence-electron chi connectivity index (χ0n) is 14.4. The Labute approximate surface area is 146 Å². The summed E-state index contributed by atoms with van der Waals surface area (Å²) >= 11 is 0. The van der Waals surface area contributed by atoms with Gasteiger partial charge in [-0.25, -0.2) is 4.79 Å². The summed E-state index contributed by atoms with van der Waals surface area (Å²) in [5, 5.41) is 15.6. The van der Waals surface area contributed by atoms with Crippen LogP contribution in [0.15, 0.2) is 42.5 Å². The first-order valence-corrected chi connectivity index (χ1v) is 7.67. The number of anilines is 1. The van der Waals surface area contributed by atoms with Gasteiger partial charge in [-0.1, -0.05) is 18.2 Å². The van der Waals surface area contributed by atoms with E-state index >= 15 is 0 Å². The Morgan fingerprint density at radius 2 is 1.68 bits per heavy atom. The van der Waals surface area contributed by atoms with Crippen molar-refractivity contribution in [1.82, 2.24) is 5.32 Å². The molecule has 0 saturated heterocycles. The first-order valence-electron chi connectivity index (χ1n) is 7.67. The van der Waals surface area contributed by atoms with Gasteiger partial charge in [0, 0.05) is 6.54 Å². The van der Waals surface area contributed by atoms with Crippen LogP contribution in [0.3, 0.4) is 0 Å². The molecule has 25 heavy (non-hydrogen) atoms. The van der Waals surface area contributed by atoms with Crippen LogP contribution >= 0.6 is 0 Å². The van der Waals surface area contributed by atoms with E-state index in [0.29, 0.717) is 28.5 Å². The number of ether oxygens (including phenoxy) is 3. The normalized spacial score (nSPS) is 11.4. The summed E-state index contributed by atoms with van der Waals surface area (Å²) in [7, 11) is 4.59. The molecule has 0 saturated carbocycles. The molecule has 1 unspecified atom stereocenters. The second kappa shape index (κ2) is 8.79. The summed E-state index contributed by atoms with van der Waals surface area (Å²) in [6, 6.07) is 11.7. The second-order valence-electron chi connectivity index (χ2n) is 5.17. The zero-order chi connectivity index (χ0) is 18.2. The standard InChI is InChI=1S/C18H22N2O5/c1-23-15-7-5-4-6-13(15)20-18(22)19-11-14(21)12-8-9-16(24-2)17(10-12)25-3/h4-10,14,21H,11H2,1-3H3,(H2,19,20,22). The number of carbonyl (C=O) groups excluding carboxylic acids is 1. The maximum atomic E-state index is 12.0. The lowest BCUT2D eigenvalue weighted by atomic mass is 10.1. The number of amides is 2. The summed E-state index contributed by atoms with van der Waals surface area (Å²) in [4.78, 5) is 12.0. The first kappa shape index (κ1) is 18.4. The van der Waals surface area contributed by atoms with Crippen molar-refractivity contribution in [2.24, 2.45) is 0 Å². The van der Waals surface area contributed by atoms with Crippen molar-refractivity contribution >= 4 is 11.7 Å². The molecule has 1 atom stereocenters. The molecule has 0 aliphatic rings. The highest BCUT2D eigenvalue weighted by Gasteiger charge is 2.13. The predicted octanol–water partition coefficient (Wildman–Crippen LogP) is 2.57. The fourth-order valence-electron chi connectivity index (χ4n) is 2.28. The van der Waals surface area contributed by atoms with Crippen molar-refractivity contribution in [3.8, 4) is 17.2 Å². The largest absolute Gasteiger partial charge is 0.495 e. The van der Waals surface area contributed by atoms with E-state index in [4.69, 9.17) is 14.2 Å². The van der Waals surface area contributed by atoms with E-state index in [1.165, 1.54) is 21.3 Å². The Morgan fingerprint density at radius 3 is 2.36 bits per heavy atom. The third-order valence-corrected chi connectivity index (χ3v) is 3.60. The second-order valence-corrected chi connectivity index (χ2v) is 5.17. The molecule has 2 aromatic rings. The monoisotopic (exact) mass is 346 g/mol. The van der Waals surface area contributed by atoms with Crippen LogP contribution < -0.4 is 24.8 Å². The molecule has 0 radical (unpaired) electrons. The van der Waals surface area contributed by atoms with E-state index in [1.807, 2.05) is 6.07 Å². The molecular weight excluding hydrogens is 324 g/mol. The fraction of sp³-hybridized carbons (Fsp3) is 0.278. The molecule has 0 spiro atoms. The van der Waals surface area contributed by atoms with Crippen molar-refractivity contribution in [3.63, 3.8) is 0 Å². The number of methoxy groups -OCH3 is 3. The first-order chi connectivity index (χ1) is 12.1. The Balaban J connectivity index is 1.95. The minimum atomic E-state index is -0.886. The van der Waals surface area contributed by atoms with Crippen LogP contribution in [0, 0.1) is 0 Å². The van der Waals surface area contributed by atoms with Gasteiger partial charge in [0.15, 0.2) is 11.5 Å². The molecule has 2 amide bonds. The Kier molecular flexibility index (Phi) is 6.47. The molecule has 7 nitrogen and oxygen atoms in total. The van der Waals surface area contributed by atoms with Gasteiger partial charge in [-0.05, 0) is 29.8 Å². The van der Waals surface area contributed by atoms with Crippen LogP contribution in [0.25, 0.3) is 0 Å². The maximum absolute atomic E-state index is 12.0. The number of carbonyl (C=O) groups is 1. The number of aliphatic hydroxyl groups is 1. The molecular formula is C18H22N2O5. The SMILES string of the molecule is COc1ccccc1NC(=O)NCC(O)c1ccc(OC)c(OC)c1. The molecule has 3 N–H and O–H groups in total. The number of aliphatic hydroxyl groups excluding tert-OH is 1.